The lowest BCUT2D eigenvalue weighted by atomic mass is 9.71. The Morgan fingerprint density at radius 2 is 1.39 bits per heavy atom. The van der Waals surface area contributed by atoms with Crippen molar-refractivity contribution in [1.82, 2.24) is 9.80 Å². The van der Waals surface area contributed by atoms with E-state index in [0.717, 1.165) is 70.4 Å². The van der Waals surface area contributed by atoms with Crippen LogP contribution in [0.1, 0.15) is 60.9 Å². The molecule has 31 heavy (non-hydrogen) atoms. The molecule has 2 aromatic rings. The number of hydrogen-bond acceptors (Lipinski definition) is 3. The first kappa shape index (κ1) is 21.8. The molecule has 0 radical (unpaired) electrons. The molecule has 4 rings (SSSR count). The molecule has 164 valence electrons. The Labute approximate surface area is 186 Å². The third-order valence-electron chi connectivity index (χ3n) is 7.06. The summed E-state index contributed by atoms with van der Waals surface area (Å²) in [5.74, 6) is 0.550. The van der Waals surface area contributed by atoms with Crippen LogP contribution < -0.4 is 0 Å². The fourth-order valence-electron chi connectivity index (χ4n) is 5.17. The molecule has 0 unspecified atom stereocenters. The fraction of sp³-hybridized carbons (Fsp3) is 0.481. The summed E-state index contributed by atoms with van der Waals surface area (Å²) in [5.41, 5.74) is 1.58. The van der Waals surface area contributed by atoms with Crippen LogP contribution in [0.15, 0.2) is 60.7 Å². The van der Waals surface area contributed by atoms with Gasteiger partial charge in [0.05, 0.1) is 5.41 Å². The van der Waals surface area contributed by atoms with E-state index in [1.807, 2.05) is 36.4 Å². The van der Waals surface area contributed by atoms with Crippen LogP contribution in [-0.2, 0) is 10.2 Å². The quantitative estimate of drug-likeness (QED) is 0.612. The van der Waals surface area contributed by atoms with Crippen molar-refractivity contribution in [3.63, 3.8) is 0 Å². The maximum Gasteiger partial charge on any atom is 0.233 e. The zero-order valence-corrected chi connectivity index (χ0v) is 18.5. The number of Topliss-reactive ketones (excluding diaryl/α,β-unsaturated/α-hetero) is 1. The number of carbonyl (C=O) groups is 2. The van der Waals surface area contributed by atoms with Crippen LogP contribution in [0.3, 0.4) is 0 Å². The lowest BCUT2D eigenvalue weighted by Gasteiger charge is -2.44. The molecule has 0 spiro atoms. The highest BCUT2D eigenvalue weighted by Gasteiger charge is 2.44. The van der Waals surface area contributed by atoms with Gasteiger partial charge in [-0.25, -0.2) is 0 Å². The second-order valence-corrected chi connectivity index (χ2v) is 9.04. The molecule has 0 N–H and O–H groups in total. The molecule has 0 aromatic heterocycles. The molecule has 0 atom stereocenters. The SMILES string of the molecule is O=C(CCCN1CCC(C(=O)N2CCCCC2)(c2ccccc2)CC1)c1ccccc1. The van der Waals surface area contributed by atoms with Gasteiger partial charge >= 0.3 is 0 Å². The van der Waals surface area contributed by atoms with E-state index >= 15 is 0 Å². The van der Waals surface area contributed by atoms with Crippen LogP contribution in [-0.4, -0.2) is 54.2 Å². The molecule has 0 aliphatic carbocycles. The summed E-state index contributed by atoms with van der Waals surface area (Å²) in [4.78, 5) is 30.6. The van der Waals surface area contributed by atoms with Gasteiger partial charge in [0.25, 0.3) is 0 Å². The lowest BCUT2D eigenvalue weighted by molar-refractivity contribution is -0.140. The van der Waals surface area contributed by atoms with E-state index in [0.29, 0.717) is 12.3 Å². The molecule has 2 saturated heterocycles. The molecular formula is C27H34N2O2. The Hall–Kier alpha value is -2.46. The number of piperidine rings is 2. The molecule has 2 heterocycles. The molecule has 4 heteroatoms. The molecule has 0 bridgehead atoms. The summed E-state index contributed by atoms with van der Waals surface area (Å²) in [7, 11) is 0. The minimum atomic E-state index is -0.394. The van der Waals surface area contributed by atoms with Crippen molar-refractivity contribution in [1.29, 1.82) is 0 Å². The molecular weight excluding hydrogens is 384 g/mol. The van der Waals surface area contributed by atoms with E-state index in [1.165, 1.54) is 12.0 Å². The third kappa shape index (κ3) is 5.07. The molecule has 1 amide bonds. The smallest absolute Gasteiger partial charge is 0.233 e. The highest BCUT2D eigenvalue weighted by molar-refractivity contribution is 5.95. The van der Waals surface area contributed by atoms with Crippen molar-refractivity contribution in [3.8, 4) is 0 Å². The Morgan fingerprint density at radius 1 is 0.774 bits per heavy atom. The summed E-state index contributed by atoms with van der Waals surface area (Å²) in [6.45, 7) is 4.54. The van der Waals surface area contributed by atoms with Crippen LogP contribution in [0.25, 0.3) is 0 Å². The Bertz CT molecular complexity index is 851. The van der Waals surface area contributed by atoms with E-state index in [4.69, 9.17) is 0 Å². The Kier molecular flexibility index (Phi) is 7.18. The number of carbonyl (C=O) groups excluding carboxylic acids is 2. The highest BCUT2D eigenvalue weighted by atomic mass is 16.2. The summed E-state index contributed by atoms with van der Waals surface area (Å²) in [6.07, 6.45) is 6.65. The van der Waals surface area contributed by atoms with Gasteiger partial charge in [-0.3, -0.25) is 9.59 Å². The van der Waals surface area contributed by atoms with Crippen molar-refractivity contribution in [2.45, 2.75) is 50.4 Å². The Balaban J connectivity index is 1.37. The van der Waals surface area contributed by atoms with E-state index in [2.05, 4.69) is 34.1 Å². The van der Waals surface area contributed by atoms with Crippen LogP contribution in [0.5, 0.6) is 0 Å². The van der Waals surface area contributed by atoms with Crippen LogP contribution >= 0.6 is 0 Å². The second kappa shape index (κ2) is 10.2. The molecule has 2 aliphatic rings. The summed E-state index contributed by atoms with van der Waals surface area (Å²) in [5, 5.41) is 0. The molecule has 0 saturated carbocycles. The number of rotatable bonds is 7. The average molecular weight is 419 g/mol. The van der Waals surface area contributed by atoms with Crippen molar-refractivity contribution >= 4 is 11.7 Å². The van der Waals surface area contributed by atoms with Crippen molar-refractivity contribution in [2.24, 2.45) is 0 Å². The third-order valence-corrected chi connectivity index (χ3v) is 7.06. The monoisotopic (exact) mass is 418 g/mol. The number of amides is 1. The molecule has 4 nitrogen and oxygen atoms in total. The summed E-state index contributed by atoms with van der Waals surface area (Å²) < 4.78 is 0. The van der Waals surface area contributed by atoms with Gasteiger partial charge in [-0.2, -0.15) is 0 Å². The van der Waals surface area contributed by atoms with Gasteiger partial charge in [-0.05, 0) is 63.7 Å². The maximum atomic E-state index is 13.7. The van der Waals surface area contributed by atoms with E-state index < -0.39 is 5.41 Å². The maximum absolute atomic E-state index is 13.7. The standard InChI is InChI=1S/C27H34N2O2/c30-25(23-11-4-1-5-12-23)15-10-18-28-21-16-27(17-22-28,24-13-6-2-7-14-24)26(31)29-19-8-3-9-20-29/h1-2,4-7,11-14H,3,8-10,15-22H2. The Morgan fingerprint density at radius 3 is 2.03 bits per heavy atom. The first-order valence-corrected chi connectivity index (χ1v) is 11.8. The number of nitrogens with zero attached hydrogens (tertiary/aromatic N) is 2. The van der Waals surface area contributed by atoms with Crippen molar-refractivity contribution in [2.75, 3.05) is 32.7 Å². The topological polar surface area (TPSA) is 40.6 Å². The predicted molar refractivity (Wildman–Crippen MR) is 124 cm³/mol. The van der Waals surface area contributed by atoms with Crippen LogP contribution in [0.4, 0.5) is 0 Å². The van der Waals surface area contributed by atoms with Gasteiger partial charge in [0.15, 0.2) is 5.78 Å². The highest BCUT2D eigenvalue weighted by Crippen LogP contribution is 2.38. The molecule has 2 aliphatic heterocycles. The van der Waals surface area contributed by atoms with E-state index in [1.54, 1.807) is 0 Å². The van der Waals surface area contributed by atoms with Gasteiger partial charge in [-0.15, -0.1) is 0 Å². The normalized spacial score (nSPS) is 19.2. The van der Waals surface area contributed by atoms with Gasteiger partial charge in [0.1, 0.15) is 0 Å². The van der Waals surface area contributed by atoms with Crippen LogP contribution in [0, 0.1) is 0 Å². The minimum Gasteiger partial charge on any atom is -0.342 e. The van der Waals surface area contributed by atoms with Crippen LogP contribution in [0.2, 0.25) is 0 Å². The number of ketones is 1. The van der Waals surface area contributed by atoms with E-state index in [-0.39, 0.29) is 5.78 Å². The first-order chi connectivity index (χ1) is 15.2. The van der Waals surface area contributed by atoms with Gasteiger partial charge in [0, 0.05) is 25.1 Å². The van der Waals surface area contributed by atoms with Gasteiger partial charge < -0.3 is 9.80 Å². The lowest BCUT2D eigenvalue weighted by Crippen LogP contribution is -2.54. The minimum absolute atomic E-state index is 0.219. The zero-order valence-electron chi connectivity index (χ0n) is 18.5. The second-order valence-electron chi connectivity index (χ2n) is 9.04. The summed E-state index contributed by atoms with van der Waals surface area (Å²) >= 11 is 0. The van der Waals surface area contributed by atoms with Crippen molar-refractivity contribution in [3.05, 3.63) is 71.8 Å². The van der Waals surface area contributed by atoms with Crippen molar-refractivity contribution < 1.29 is 9.59 Å². The number of likely N-dealkylation sites (tertiary alicyclic amines) is 2. The zero-order chi connectivity index (χ0) is 21.5. The largest absolute Gasteiger partial charge is 0.342 e. The van der Waals surface area contributed by atoms with Gasteiger partial charge in [-0.1, -0.05) is 60.7 Å². The van der Waals surface area contributed by atoms with Gasteiger partial charge in [0.2, 0.25) is 5.91 Å². The number of hydrogen-bond donors (Lipinski definition) is 0. The fourth-order valence-corrected chi connectivity index (χ4v) is 5.17. The molecule has 2 aromatic carbocycles. The predicted octanol–water partition coefficient (Wildman–Crippen LogP) is 4.70. The first-order valence-electron chi connectivity index (χ1n) is 11.8. The average Bonchev–Trinajstić information content (AvgIpc) is 2.85. The number of benzene rings is 2. The van der Waals surface area contributed by atoms with E-state index in [9.17, 15) is 9.59 Å². The molecule has 2 fully saturated rings. The summed E-state index contributed by atoms with van der Waals surface area (Å²) in [6, 6.07) is 20.0.